The van der Waals surface area contributed by atoms with Gasteiger partial charge in [0.25, 0.3) is 5.91 Å². The molecule has 0 spiro atoms. The van der Waals surface area contributed by atoms with Crippen LogP contribution in [0.1, 0.15) is 17.3 Å². The molecule has 7 heteroatoms. The highest BCUT2D eigenvalue weighted by molar-refractivity contribution is 8.00. The fourth-order valence-electron chi connectivity index (χ4n) is 2.19. The summed E-state index contributed by atoms with van der Waals surface area (Å²) in [7, 11) is 0. The number of carbonyl (C=O) groups excluding carboxylic acids is 2. The van der Waals surface area contributed by atoms with Gasteiger partial charge in [-0.15, -0.1) is 11.8 Å². The molecule has 1 aromatic heterocycles. The summed E-state index contributed by atoms with van der Waals surface area (Å²) in [6.45, 7) is 1.83. The summed E-state index contributed by atoms with van der Waals surface area (Å²) >= 11 is 1.41. The van der Waals surface area contributed by atoms with E-state index in [2.05, 4.69) is 10.3 Å². The SMILES string of the molecule is CC(Sc1ccc(N)nc1)C(=O)c1ccc2c(c1)NC(=O)CO2. The summed E-state index contributed by atoms with van der Waals surface area (Å²) in [5, 5.41) is 2.41. The van der Waals surface area contributed by atoms with Crippen molar-refractivity contribution in [2.24, 2.45) is 0 Å². The van der Waals surface area contributed by atoms with Crippen LogP contribution in [-0.2, 0) is 4.79 Å². The molecule has 0 fully saturated rings. The van der Waals surface area contributed by atoms with Crippen LogP contribution in [0.4, 0.5) is 11.5 Å². The Bertz CT molecular complexity index is 762. The summed E-state index contributed by atoms with van der Waals surface area (Å²) in [5.41, 5.74) is 6.60. The molecule has 0 radical (unpaired) electrons. The van der Waals surface area contributed by atoms with Gasteiger partial charge in [0.1, 0.15) is 11.6 Å². The van der Waals surface area contributed by atoms with E-state index in [9.17, 15) is 9.59 Å². The van der Waals surface area contributed by atoms with Gasteiger partial charge in [-0.05, 0) is 37.3 Å². The summed E-state index contributed by atoms with van der Waals surface area (Å²) in [6, 6.07) is 8.58. The van der Waals surface area contributed by atoms with Crippen LogP contribution < -0.4 is 15.8 Å². The van der Waals surface area contributed by atoms with Gasteiger partial charge in [0.05, 0.1) is 10.9 Å². The fraction of sp³-hybridized carbons (Fsp3) is 0.188. The van der Waals surface area contributed by atoms with Crippen molar-refractivity contribution in [3.63, 3.8) is 0 Å². The summed E-state index contributed by atoms with van der Waals surface area (Å²) in [5.74, 6) is 0.759. The molecule has 118 valence electrons. The molecule has 0 aliphatic carbocycles. The van der Waals surface area contributed by atoms with Crippen LogP contribution in [-0.4, -0.2) is 28.5 Å². The van der Waals surface area contributed by atoms with Gasteiger partial charge in [0, 0.05) is 16.7 Å². The smallest absolute Gasteiger partial charge is 0.262 e. The van der Waals surface area contributed by atoms with Crippen LogP contribution in [0.15, 0.2) is 41.4 Å². The number of thioether (sulfide) groups is 1. The Kier molecular flexibility index (Phi) is 4.20. The van der Waals surface area contributed by atoms with Crippen LogP contribution in [0.25, 0.3) is 0 Å². The molecule has 1 aliphatic rings. The Balaban J connectivity index is 1.75. The molecular weight excluding hydrogens is 314 g/mol. The van der Waals surface area contributed by atoms with E-state index < -0.39 is 0 Å². The lowest BCUT2D eigenvalue weighted by Crippen LogP contribution is -2.25. The highest BCUT2D eigenvalue weighted by Gasteiger charge is 2.21. The maximum atomic E-state index is 12.6. The molecule has 1 atom stereocenters. The predicted molar refractivity (Wildman–Crippen MR) is 88.9 cm³/mol. The summed E-state index contributed by atoms with van der Waals surface area (Å²) in [4.78, 5) is 28.8. The van der Waals surface area contributed by atoms with Crippen LogP contribution in [0.3, 0.4) is 0 Å². The third kappa shape index (κ3) is 3.45. The molecule has 1 aliphatic heterocycles. The number of aromatic nitrogens is 1. The van der Waals surface area contributed by atoms with Gasteiger partial charge in [-0.3, -0.25) is 9.59 Å². The lowest BCUT2D eigenvalue weighted by atomic mass is 10.1. The van der Waals surface area contributed by atoms with E-state index in [-0.39, 0.29) is 23.5 Å². The van der Waals surface area contributed by atoms with Gasteiger partial charge < -0.3 is 15.8 Å². The average molecular weight is 329 g/mol. The number of carbonyl (C=O) groups is 2. The number of nitrogens with one attached hydrogen (secondary N) is 1. The van der Waals surface area contributed by atoms with Crippen molar-refractivity contribution in [2.45, 2.75) is 17.1 Å². The number of benzene rings is 1. The van der Waals surface area contributed by atoms with Crippen molar-refractivity contribution in [1.82, 2.24) is 4.98 Å². The normalized spacial score (nSPS) is 14.4. The third-order valence-corrected chi connectivity index (χ3v) is 4.42. The number of pyridine rings is 1. The lowest BCUT2D eigenvalue weighted by molar-refractivity contribution is -0.118. The van der Waals surface area contributed by atoms with E-state index in [1.54, 1.807) is 30.5 Å². The minimum atomic E-state index is -0.293. The van der Waals surface area contributed by atoms with Crippen LogP contribution in [0.2, 0.25) is 0 Å². The van der Waals surface area contributed by atoms with Gasteiger partial charge in [-0.1, -0.05) is 0 Å². The van der Waals surface area contributed by atoms with Gasteiger partial charge in [-0.2, -0.15) is 0 Å². The molecule has 23 heavy (non-hydrogen) atoms. The number of nitrogens with two attached hydrogens (primary N) is 1. The zero-order chi connectivity index (χ0) is 16.4. The first-order valence-electron chi connectivity index (χ1n) is 7.02. The minimum Gasteiger partial charge on any atom is -0.482 e. The van der Waals surface area contributed by atoms with Crippen molar-refractivity contribution >= 4 is 35.0 Å². The van der Waals surface area contributed by atoms with Crippen molar-refractivity contribution in [3.05, 3.63) is 42.1 Å². The Morgan fingerprint density at radius 3 is 2.96 bits per heavy atom. The van der Waals surface area contributed by atoms with E-state index in [1.165, 1.54) is 11.8 Å². The maximum Gasteiger partial charge on any atom is 0.262 e. The molecule has 2 heterocycles. The maximum absolute atomic E-state index is 12.6. The molecule has 2 aromatic rings. The molecule has 1 aromatic carbocycles. The van der Waals surface area contributed by atoms with E-state index in [1.807, 2.05) is 13.0 Å². The monoisotopic (exact) mass is 329 g/mol. The second kappa shape index (κ2) is 6.29. The summed E-state index contributed by atoms with van der Waals surface area (Å²) in [6.07, 6.45) is 1.64. The molecule has 1 unspecified atom stereocenters. The van der Waals surface area contributed by atoms with Gasteiger partial charge >= 0.3 is 0 Å². The van der Waals surface area contributed by atoms with E-state index in [0.717, 1.165) is 4.90 Å². The minimum absolute atomic E-state index is 0.00329. The second-order valence-electron chi connectivity index (χ2n) is 5.09. The molecule has 3 rings (SSSR count). The van der Waals surface area contributed by atoms with Gasteiger partial charge in [0.15, 0.2) is 12.4 Å². The van der Waals surface area contributed by atoms with Crippen molar-refractivity contribution in [1.29, 1.82) is 0 Å². The molecule has 1 amide bonds. The van der Waals surface area contributed by atoms with Crippen LogP contribution >= 0.6 is 11.8 Å². The number of anilines is 2. The molecule has 6 nitrogen and oxygen atoms in total. The first-order chi connectivity index (χ1) is 11.0. The number of hydrogen-bond donors (Lipinski definition) is 2. The lowest BCUT2D eigenvalue weighted by Gasteiger charge is -2.19. The number of ether oxygens (including phenoxy) is 1. The van der Waals surface area contributed by atoms with E-state index >= 15 is 0 Å². The van der Waals surface area contributed by atoms with Gasteiger partial charge in [0.2, 0.25) is 0 Å². The average Bonchev–Trinajstić information content (AvgIpc) is 2.55. The first kappa shape index (κ1) is 15.4. The molecule has 3 N–H and O–H groups in total. The number of nitrogen functional groups attached to an aromatic ring is 1. The van der Waals surface area contributed by atoms with E-state index in [4.69, 9.17) is 10.5 Å². The van der Waals surface area contributed by atoms with Gasteiger partial charge in [-0.25, -0.2) is 4.98 Å². The van der Waals surface area contributed by atoms with Crippen molar-refractivity contribution < 1.29 is 14.3 Å². The molecule has 0 bridgehead atoms. The van der Waals surface area contributed by atoms with Crippen molar-refractivity contribution in [2.75, 3.05) is 17.7 Å². The van der Waals surface area contributed by atoms with E-state index in [0.29, 0.717) is 22.8 Å². The Morgan fingerprint density at radius 2 is 2.22 bits per heavy atom. The first-order valence-corrected chi connectivity index (χ1v) is 7.90. The molecular formula is C16H15N3O3S. The van der Waals surface area contributed by atoms with Crippen molar-refractivity contribution in [3.8, 4) is 5.75 Å². The second-order valence-corrected chi connectivity index (χ2v) is 6.51. The zero-order valence-corrected chi connectivity index (χ0v) is 13.2. The third-order valence-electron chi connectivity index (χ3n) is 3.34. The quantitative estimate of drug-likeness (QED) is 0.660. The largest absolute Gasteiger partial charge is 0.482 e. The number of Topliss-reactive ketones (excluding diaryl/α,β-unsaturated/α-hetero) is 1. The number of ketones is 1. The van der Waals surface area contributed by atoms with Crippen LogP contribution in [0.5, 0.6) is 5.75 Å². The number of hydrogen-bond acceptors (Lipinski definition) is 6. The highest BCUT2D eigenvalue weighted by atomic mass is 32.2. The highest BCUT2D eigenvalue weighted by Crippen LogP contribution is 2.31. The van der Waals surface area contributed by atoms with Crippen LogP contribution in [0, 0.1) is 0 Å². The Morgan fingerprint density at radius 1 is 1.39 bits per heavy atom. The Labute approximate surface area is 137 Å². The zero-order valence-electron chi connectivity index (χ0n) is 12.4. The molecule has 0 saturated heterocycles. The summed E-state index contributed by atoms with van der Waals surface area (Å²) < 4.78 is 5.29. The molecule has 0 saturated carbocycles. The number of nitrogens with zero attached hydrogens (tertiary/aromatic N) is 1. The topological polar surface area (TPSA) is 94.3 Å². The standard InChI is InChI=1S/C16H15N3O3S/c1-9(23-11-3-5-14(17)18-7-11)16(21)10-2-4-13-12(6-10)19-15(20)8-22-13/h2-7,9H,8H2,1H3,(H2,17,18)(H,19,20). The fourth-order valence-corrected chi connectivity index (χ4v) is 3.10. The number of rotatable bonds is 4. The predicted octanol–water partition coefficient (Wildman–Crippen LogP) is 2.36. The Hall–Kier alpha value is -2.54. The number of fused-ring (bicyclic) bond motifs is 1. The number of amides is 1.